The monoisotopic (exact) mass is 222 g/mol. The van der Waals surface area contributed by atoms with Crippen LogP contribution in [0.25, 0.3) is 0 Å². The highest BCUT2D eigenvalue weighted by Gasteiger charge is 2.01. The first-order valence-electron chi connectivity index (χ1n) is 4.42. The van der Waals surface area contributed by atoms with Crippen LogP contribution >= 0.6 is 0 Å². The Balaban J connectivity index is 3.85. The van der Waals surface area contributed by atoms with E-state index in [1.54, 1.807) is 0 Å². The third-order valence-electron chi connectivity index (χ3n) is 1.40. The molecule has 0 spiro atoms. The van der Waals surface area contributed by atoms with Crippen molar-refractivity contribution in [3.63, 3.8) is 0 Å². The van der Waals surface area contributed by atoms with Crippen LogP contribution in [0.1, 0.15) is 13.3 Å². The maximum Gasteiger partial charge on any atom is 0.205 e. The molecular weight excluding hydrogens is 204 g/mol. The highest BCUT2D eigenvalue weighted by molar-refractivity contribution is 7.90. The maximum absolute atomic E-state index is 10.8. The second kappa shape index (κ2) is 6.61. The van der Waals surface area contributed by atoms with Crippen LogP contribution in [0.5, 0.6) is 0 Å². The topological polar surface area (TPSA) is 96.6 Å². The van der Waals surface area contributed by atoms with Crippen molar-refractivity contribution in [2.24, 2.45) is 10.8 Å². The highest BCUT2D eigenvalue weighted by Crippen LogP contribution is 1.81. The van der Waals surface area contributed by atoms with E-state index in [0.717, 1.165) is 6.42 Å². The van der Waals surface area contributed by atoms with Crippen LogP contribution in [-0.4, -0.2) is 39.5 Å². The molecule has 0 fully saturated rings. The second-order valence-electron chi connectivity index (χ2n) is 2.93. The van der Waals surface area contributed by atoms with Gasteiger partial charge in [0.25, 0.3) is 0 Å². The number of rotatable bonds is 5. The molecule has 0 radical (unpaired) electrons. The lowest BCUT2D eigenvalue weighted by Crippen LogP contribution is -2.43. The molecule has 6 nitrogen and oxygen atoms in total. The Hall–Kier alpha value is -0.820. The molecule has 0 atom stereocenters. The Morgan fingerprint density at radius 3 is 2.57 bits per heavy atom. The van der Waals surface area contributed by atoms with Gasteiger partial charge in [0.15, 0.2) is 0 Å². The molecule has 0 bridgehead atoms. The molecule has 0 unspecified atom stereocenters. The van der Waals surface area contributed by atoms with Gasteiger partial charge in [0.1, 0.15) is 9.84 Å². The summed E-state index contributed by atoms with van der Waals surface area (Å²) in [5.74, 6) is 5.67. The molecule has 0 heterocycles. The molecule has 0 aromatic rings. The summed E-state index contributed by atoms with van der Waals surface area (Å²) >= 11 is 0. The van der Waals surface area contributed by atoms with Gasteiger partial charge in [-0.25, -0.2) is 14.3 Å². The fourth-order valence-corrected chi connectivity index (χ4v) is 1.20. The van der Waals surface area contributed by atoms with Gasteiger partial charge in [-0.2, -0.15) is 0 Å². The van der Waals surface area contributed by atoms with Gasteiger partial charge in [0, 0.05) is 19.3 Å². The number of nitrogens with zero attached hydrogens (tertiary/aromatic N) is 1. The van der Waals surface area contributed by atoms with Crippen LogP contribution in [0.4, 0.5) is 0 Å². The normalized spacial score (nSPS) is 12.6. The predicted octanol–water partition coefficient (Wildman–Crippen LogP) is -1.15. The minimum atomic E-state index is -2.93. The molecule has 0 saturated carbocycles. The van der Waals surface area contributed by atoms with Gasteiger partial charge in [0.2, 0.25) is 5.96 Å². The molecule has 0 aliphatic carbocycles. The number of sulfone groups is 1. The lowest BCUT2D eigenvalue weighted by atomic mass is 10.5. The van der Waals surface area contributed by atoms with Gasteiger partial charge in [-0.3, -0.25) is 10.4 Å². The summed E-state index contributed by atoms with van der Waals surface area (Å²) in [6.45, 7) is 2.96. The van der Waals surface area contributed by atoms with Crippen molar-refractivity contribution in [2.75, 3.05) is 25.1 Å². The fraction of sp³-hybridized carbons (Fsp3) is 0.857. The first-order chi connectivity index (χ1) is 6.49. The van der Waals surface area contributed by atoms with Crippen molar-refractivity contribution in [1.29, 1.82) is 0 Å². The van der Waals surface area contributed by atoms with E-state index >= 15 is 0 Å². The third kappa shape index (κ3) is 7.81. The molecule has 4 N–H and O–H groups in total. The summed E-state index contributed by atoms with van der Waals surface area (Å²) < 4.78 is 21.6. The molecule has 0 amide bonds. The van der Waals surface area contributed by atoms with E-state index in [2.05, 4.69) is 15.7 Å². The molecule has 0 aliphatic heterocycles. The Morgan fingerprint density at radius 2 is 2.14 bits per heavy atom. The summed E-state index contributed by atoms with van der Waals surface area (Å²) in [4.78, 5) is 4.05. The number of hydrogen-bond acceptors (Lipinski definition) is 4. The maximum atomic E-state index is 10.8. The number of hydrazine groups is 1. The summed E-state index contributed by atoms with van der Waals surface area (Å²) in [7, 11) is -2.93. The van der Waals surface area contributed by atoms with Crippen LogP contribution in [-0.2, 0) is 9.84 Å². The Morgan fingerprint density at radius 1 is 1.50 bits per heavy atom. The van der Waals surface area contributed by atoms with Gasteiger partial charge in [0.05, 0.1) is 5.75 Å². The van der Waals surface area contributed by atoms with Gasteiger partial charge in [-0.15, -0.1) is 0 Å². The third-order valence-corrected chi connectivity index (χ3v) is 2.34. The summed E-state index contributed by atoms with van der Waals surface area (Å²) in [5.41, 5.74) is 2.37. The van der Waals surface area contributed by atoms with Gasteiger partial charge in [-0.05, 0) is 6.42 Å². The zero-order valence-corrected chi connectivity index (χ0v) is 9.39. The summed E-state index contributed by atoms with van der Waals surface area (Å²) in [5, 5.41) is 2.80. The van der Waals surface area contributed by atoms with Crippen LogP contribution in [0, 0.1) is 0 Å². The van der Waals surface area contributed by atoms with Crippen molar-refractivity contribution >= 4 is 15.8 Å². The van der Waals surface area contributed by atoms with Crippen molar-refractivity contribution in [3.05, 3.63) is 0 Å². The van der Waals surface area contributed by atoms with Gasteiger partial charge in [-0.1, -0.05) is 6.92 Å². The van der Waals surface area contributed by atoms with E-state index in [4.69, 9.17) is 5.84 Å². The van der Waals surface area contributed by atoms with Crippen molar-refractivity contribution < 1.29 is 8.42 Å². The Kier molecular flexibility index (Phi) is 6.22. The number of guanidine groups is 1. The molecule has 0 rings (SSSR count). The lowest BCUT2D eigenvalue weighted by Gasteiger charge is -2.07. The average Bonchev–Trinajstić information content (AvgIpc) is 2.09. The van der Waals surface area contributed by atoms with E-state index in [1.165, 1.54) is 6.26 Å². The first kappa shape index (κ1) is 13.2. The second-order valence-corrected chi connectivity index (χ2v) is 5.19. The zero-order valence-electron chi connectivity index (χ0n) is 8.58. The summed E-state index contributed by atoms with van der Waals surface area (Å²) in [6, 6.07) is 0. The Bertz CT molecular complexity index is 273. The van der Waals surface area contributed by atoms with E-state index in [9.17, 15) is 8.42 Å². The number of nitrogens with two attached hydrogens (primary N) is 1. The smallest absolute Gasteiger partial charge is 0.205 e. The molecule has 0 saturated heterocycles. The SMILES string of the molecule is CCCN=C(NN)NCCS(C)(=O)=O. The standard InChI is InChI=1S/C7H18N4O2S/c1-3-4-9-7(11-8)10-5-6-14(2,12)13/h3-6,8H2,1-2H3,(H2,9,10,11). The van der Waals surface area contributed by atoms with Crippen molar-refractivity contribution in [2.45, 2.75) is 13.3 Å². The highest BCUT2D eigenvalue weighted by atomic mass is 32.2. The molecule has 0 aromatic heterocycles. The average molecular weight is 222 g/mol. The number of hydrogen-bond donors (Lipinski definition) is 3. The van der Waals surface area contributed by atoms with E-state index in [-0.39, 0.29) is 5.75 Å². The molecule has 7 heteroatoms. The van der Waals surface area contributed by atoms with Crippen LogP contribution < -0.4 is 16.6 Å². The summed E-state index contributed by atoms with van der Waals surface area (Å²) in [6.07, 6.45) is 2.10. The first-order valence-corrected chi connectivity index (χ1v) is 6.48. The van der Waals surface area contributed by atoms with Gasteiger partial charge < -0.3 is 5.32 Å². The molecule has 0 aromatic carbocycles. The van der Waals surface area contributed by atoms with E-state index in [0.29, 0.717) is 19.0 Å². The van der Waals surface area contributed by atoms with Crippen LogP contribution in [0.3, 0.4) is 0 Å². The van der Waals surface area contributed by atoms with Gasteiger partial charge >= 0.3 is 0 Å². The van der Waals surface area contributed by atoms with Crippen molar-refractivity contribution in [3.8, 4) is 0 Å². The van der Waals surface area contributed by atoms with Crippen molar-refractivity contribution in [1.82, 2.24) is 10.7 Å². The van der Waals surface area contributed by atoms with E-state index < -0.39 is 9.84 Å². The minimum Gasteiger partial charge on any atom is -0.354 e. The van der Waals surface area contributed by atoms with Crippen LogP contribution in [0.2, 0.25) is 0 Å². The molecule has 14 heavy (non-hydrogen) atoms. The van der Waals surface area contributed by atoms with Crippen LogP contribution in [0.15, 0.2) is 4.99 Å². The van der Waals surface area contributed by atoms with E-state index in [1.807, 2.05) is 6.92 Å². The minimum absolute atomic E-state index is 0.0693. The fourth-order valence-electron chi connectivity index (χ4n) is 0.731. The molecule has 0 aliphatic rings. The molecule has 84 valence electrons. The quantitative estimate of drug-likeness (QED) is 0.236. The lowest BCUT2D eigenvalue weighted by molar-refractivity contribution is 0.600. The zero-order chi connectivity index (χ0) is 11.0. The Labute approximate surface area is 84.9 Å². The number of aliphatic imine (C=N–C) groups is 1. The number of nitrogens with one attached hydrogen (secondary N) is 2. The molecular formula is C7H18N4O2S. The largest absolute Gasteiger partial charge is 0.354 e. The predicted molar refractivity (Wildman–Crippen MR) is 57.6 cm³/mol.